The second-order valence-electron chi connectivity index (χ2n) is 2.22. The Morgan fingerprint density at radius 1 is 1.86 bits per heavy atom. The van der Waals surface area contributed by atoms with Crippen molar-refractivity contribution in [2.24, 2.45) is 5.92 Å². The Hall–Kier alpha value is -0.260. The van der Waals surface area contributed by atoms with Gasteiger partial charge in [0.15, 0.2) is 0 Å². The monoisotopic (exact) mass is 95.1 g/mol. The van der Waals surface area contributed by atoms with Crippen molar-refractivity contribution in [3.05, 3.63) is 18.6 Å². The van der Waals surface area contributed by atoms with Crippen LogP contribution < -0.4 is 0 Å². The van der Waals surface area contributed by atoms with E-state index in [1.807, 2.05) is 0 Å². The first-order valence-corrected chi connectivity index (χ1v) is 2.80. The molecule has 0 aliphatic heterocycles. The van der Waals surface area contributed by atoms with Gasteiger partial charge in [-0.15, -0.1) is 0 Å². The van der Waals surface area contributed by atoms with Crippen molar-refractivity contribution < 1.29 is 0 Å². The maximum absolute atomic E-state index is 3.95. The van der Waals surface area contributed by atoms with E-state index in [0.29, 0.717) is 5.92 Å². The molecule has 1 rings (SSSR count). The largest absolute Gasteiger partial charge is 0.0853 e. The summed E-state index contributed by atoms with van der Waals surface area (Å²) in [5.41, 5.74) is 1.47. The molecule has 0 aromatic heterocycles. The highest BCUT2D eigenvalue weighted by Gasteiger charge is 2.07. The Morgan fingerprint density at radius 3 is 2.71 bits per heavy atom. The molecule has 0 N–H and O–H groups in total. The van der Waals surface area contributed by atoms with Gasteiger partial charge in [-0.3, -0.25) is 0 Å². The zero-order valence-electron chi connectivity index (χ0n) is 4.78. The lowest BCUT2D eigenvalue weighted by molar-refractivity contribution is 0.737. The van der Waals surface area contributed by atoms with Gasteiger partial charge in [0.2, 0.25) is 0 Å². The van der Waals surface area contributed by atoms with Crippen LogP contribution in [0.1, 0.15) is 19.8 Å². The van der Waals surface area contributed by atoms with E-state index in [9.17, 15) is 0 Å². The highest BCUT2D eigenvalue weighted by atomic mass is 14.1. The van der Waals surface area contributed by atoms with Crippen LogP contribution in [0.2, 0.25) is 0 Å². The predicted octanol–water partition coefficient (Wildman–Crippen LogP) is 2.18. The molecular weight excluding hydrogens is 84.1 g/mol. The van der Waals surface area contributed by atoms with Crippen LogP contribution in [0.3, 0.4) is 0 Å². The molecule has 1 atom stereocenters. The van der Waals surface area contributed by atoms with Gasteiger partial charge >= 0.3 is 0 Å². The van der Waals surface area contributed by atoms with Gasteiger partial charge in [-0.1, -0.05) is 11.6 Å². The van der Waals surface area contributed by atoms with E-state index in [-0.39, 0.29) is 0 Å². The van der Waals surface area contributed by atoms with Gasteiger partial charge in [-0.2, -0.15) is 0 Å². The second-order valence-corrected chi connectivity index (χ2v) is 2.22. The standard InChI is InChI=1S/C7H11/c1-6-4-3-5-7(6)2/h5-6H,1,3-4H2,2H3. The van der Waals surface area contributed by atoms with E-state index in [4.69, 9.17) is 0 Å². The van der Waals surface area contributed by atoms with Crippen LogP contribution in [0.15, 0.2) is 11.6 Å². The molecule has 0 aromatic rings. The molecule has 39 valence electrons. The second kappa shape index (κ2) is 1.69. The smallest absolute Gasteiger partial charge is 0.0203 e. The lowest BCUT2D eigenvalue weighted by atomic mass is 10.1. The molecule has 0 nitrogen and oxygen atoms in total. The molecule has 1 unspecified atom stereocenters. The summed E-state index contributed by atoms with van der Waals surface area (Å²) in [6.07, 6.45) is 4.80. The van der Waals surface area contributed by atoms with E-state index in [0.717, 1.165) is 0 Å². The third-order valence-electron chi connectivity index (χ3n) is 1.63. The van der Waals surface area contributed by atoms with E-state index in [1.165, 1.54) is 18.4 Å². The summed E-state index contributed by atoms with van der Waals surface area (Å²) in [4.78, 5) is 0. The summed E-state index contributed by atoms with van der Waals surface area (Å²) < 4.78 is 0. The Bertz CT molecular complexity index is 90.2. The Labute approximate surface area is 45.2 Å². The van der Waals surface area contributed by atoms with Crippen molar-refractivity contribution >= 4 is 0 Å². The Morgan fingerprint density at radius 2 is 2.57 bits per heavy atom. The van der Waals surface area contributed by atoms with Crippen LogP contribution in [0.25, 0.3) is 0 Å². The van der Waals surface area contributed by atoms with Crippen LogP contribution in [0.4, 0.5) is 0 Å². The minimum Gasteiger partial charge on any atom is -0.0853 e. The van der Waals surface area contributed by atoms with Crippen LogP contribution in [0, 0.1) is 12.8 Å². The molecule has 0 spiro atoms. The molecule has 0 bridgehead atoms. The van der Waals surface area contributed by atoms with Gasteiger partial charge in [0, 0.05) is 0 Å². The van der Waals surface area contributed by atoms with Crippen LogP contribution >= 0.6 is 0 Å². The minimum absolute atomic E-state index is 0.625. The fourth-order valence-electron chi connectivity index (χ4n) is 0.907. The zero-order valence-corrected chi connectivity index (χ0v) is 4.78. The summed E-state index contributed by atoms with van der Waals surface area (Å²) in [6.45, 7) is 6.11. The molecular formula is C7H11. The molecule has 1 radical (unpaired) electrons. The first kappa shape index (κ1) is 4.89. The van der Waals surface area contributed by atoms with Crippen molar-refractivity contribution in [2.75, 3.05) is 0 Å². The van der Waals surface area contributed by atoms with Crippen molar-refractivity contribution in [3.63, 3.8) is 0 Å². The lowest BCUT2D eigenvalue weighted by Gasteiger charge is -1.98. The third kappa shape index (κ3) is 0.846. The molecule has 7 heavy (non-hydrogen) atoms. The fraction of sp³-hybridized carbons (Fsp3) is 0.571. The number of allylic oxidation sites excluding steroid dienone is 2. The molecule has 1 aliphatic rings. The molecule has 0 heteroatoms. The molecule has 0 saturated heterocycles. The zero-order chi connectivity index (χ0) is 5.28. The normalized spacial score (nSPS) is 30.6. The highest BCUT2D eigenvalue weighted by molar-refractivity contribution is 5.10. The number of hydrogen-bond acceptors (Lipinski definition) is 0. The number of rotatable bonds is 0. The molecule has 0 saturated carbocycles. The SMILES string of the molecule is [CH2]C1CCC=C1C. The molecule has 0 fully saturated rings. The predicted molar refractivity (Wildman–Crippen MR) is 31.8 cm³/mol. The summed E-state index contributed by atoms with van der Waals surface area (Å²) in [6, 6.07) is 0. The van der Waals surface area contributed by atoms with Gasteiger partial charge < -0.3 is 0 Å². The summed E-state index contributed by atoms with van der Waals surface area (Å²) >= 11 is 0. The Balaban J connectivity index is 2.54. The molecule has 1 aliphatic carbocycles. The summed E-state index contributed by atoms with van der Waals surface area (Å²) in [5, 5.41) is 0. The molecule has 0 heterocycles. The highest BCUT2D eigenvalue weighted by Crippen LogP contribution is 2.22. The summed E-state index contributed by atoms with van der Waals surface area (Å²) in [5.74, 6) is 0.625. The van der Waals surface area contributed by atoms with Crippen molar-refractivity contribution in [1.82, 2.24) is 0 Å². The first-order chi connectivity index (χ1) is 3.30. The van der Waals surface area contributed by atoms with E-state index >= 15 is 0 Å². The average molecular weight is 95.2 g/mol. The summed E-state index contributed by atoms with van der Waals surface area (Å²) in [7, 11) is 0. The van der Waals surface area contributed by atoms with Crippen molar-refractivity contribution in [1.29, 1.82) is 0 Å². The van der Waals surface area contributed by atoms with Crippen LogP contribution in [-0.2, 0) is 0 Å². The topological polar surface area (TPSA) is 0 Å². The van der Waals surface area contributed by atoms with Crippen LogP contribution in [-0.4, -0.2) is 0 Å². The first-order valence-electron chi connectivity index (χ1n) is 2.80. The number of hydrogen-bond donors (Lipinski definition) is 0. The average Bonchev–Trinajstić information content (AvgIpc) is 1.91. The van der Waals surface area contributed by atoms with E-state index in [2.05, 4.69) is 19.9 Å². The van der Waals surface area contributed by atoms with Crippen LogP contribution in [0.5, 0.6) is 0 Å². The van der Waals surface area contributed by atoms with Crippen molar-refractivity contribution in [3.8, 4) is 0 Å². The van der Waals surface area contributed by atoms with Gasteiger partial charge in [-0.25, -0.2) is 0 Å². The maximum Gasteiger partial charge on any atom is -0.0203 e. The fourth-order valence-corrected chi connectivity index (χ4v) is 0.907. The third-order valence-corrected chi connectivity index (χ3v) is 1.63. The van der Waals surface area contributed by atoms with E-state index < -0.39 is 0 Å². The molecule has 0 amide bonds. The maximum atomic E-state index is 3.95. The lowest BCUT2D eigenvalue weighted by Crippen LogP contribution is -1.86. The van der Waals surface area contributed by atoms with Gasteiger partial charge in [0.1, 0.15) is 0 Å². The quantitative estimate of drug-likeness (QED) is 0.404. The van der Waals surface area contributed by atoms with E-state index in [1.54, 1.807) is 0 Å². The van der Waals surface area contributed by atoms with Gasteiger partial charge in [-0.05, 0) is 32.6 Å². The van der Waals surface area contributed by atoms with Gasteiger partial charge in [0.25, 0.3) is 0 Å². The van der Waals surface area contributed by atoms with Crippen molar-refractivity contribution in [2.45, 2.75) is 19.8 Å². The van der Waals surface area contributed by atoms with Gasteiger partial charge in [0.05, 0.1) is 0 Å². The Kier molecular flexibility index (Phi) is 1.18. The molecule has 0 aromatic carbocycles. The minimum atomic E-state index is 0.625.